The summed E-state index contributed by atoms with van der Waals surface area (Å²) in [4.78, 5) is 54.4. The van der Waals surface area contributed by atoms with Crippen LogP contribution in [0, 0.1) is 27.8 Å². The van der Waals surface area contributed by atoms with Crippen LogP contribution in [0.2, 0.25) is 0 Å². The van der Waals surface area contributed by atoms with Gasteiger partial charge >= 0.3 is 0 Å². The minimum atomic E-state index is -1.03. The van der Waals surface area contributed by atoms with E-state index >= 15 is 0 Å². The summed E-state index contributed by atoms with van der Waals surface area (Å²) in [7, 11) is 0. The lowest BCUT2D eigenvalue weighted by Gasteiger charge is -2.36. The number of nitro groups is 1. The van der Waals surface area contributed by atoms with Crippen LogP contribution in [0.5, 0.6) is 0 Å². The third kappa shape index (κ3) is 3.48. The first kappa shape index (κ1) is 22.6. The van der Waals surface area contributed by atoms with Crippen LogP contribution >= 0.6 is 0 Å². The zero-order valence-electron chi connectivity index (χ0n) is 19.2. The summed E-state index contributed by atoms with van der Waals surface area (Å²) < 4.78 is 13.5. The number of nitrogens with one attached hydrogen (secondary N) is 1. The lowest BCUT2D eigenvalue weighted by Crippen LogP contribution is -2.50. The van der Waals surface area contributed by atoms with E-state index in [-0.39, 0.29) is 11.4 Å². The van der Waals surface area contributed by atoms with E-state index < -0.39 is 52.4 Å². The van der Waals surface area contributed by atoms with Gasteiger partial charge in [-0.05, 0) is 48.0 Å². The molecule has 184 valence electrons. The van der Waals surface area contributed by atoms with Gasteiger partial charge in [-0.1, -0.05) is 30.4 Å². The molecule has 1 N–H and O–H groups in total. The summed E-state index contributed by atoms with van der Waals surface area (Å²) >= 11 is 0. The van der Waals surface area contributed by atoms with Crippen molar-refractivity contribution in [1.82, 2.24) is 0 Å². The third-order valence-electron chi connectivity index (χ3n) is 7.11. The Kier molecular flexibility index (Phi) is 5.11. The van der Waals surface area contributed by atoms with E-state index in [0.29, 0.717) is 5.69 Å². The van der Waals surface area contributed by atoms with Crippen LogP contribution < -0.4 is 15.1 Å². The Bertz CT molecular complexity index is 1490. The molecule has 3 aliphatic heterocycles. The van der Waals surface area contributed by atoms with Crippen LogP contribution in [0.3, 0.4) is 0 Å². The molecule has 10 heteroatoms. The summed E-state index contributed by atoms with van der Waals surface area (Å²) in [6.07, 6.45) is 3.71. The Morgan fingerprint density at radius 3 is 2.30 bits per heavy atom. The molecule has 0 bridgehead atoms. The Morgan fingerprint density at radius 2 is 1.59 bits per heavy atom. The van der Waals surface area contributed by atoms with Crippen LogP contribution in [-0.4, -0.2) is 34.7 Å². The van der Waals surface area contributed by atoms with E-state index in [2.05, 4.69) is 5.32 Å². The molecule has 2 fully saturated rings. The molecule has 3 aliphatic rings. The van der Waals surface area contributed by atoms with Crippen molar-refractivity contribution in [1.29, 1.82) is 0 Å². The number of rotatable bonds is 4. The molecule has 0 spiro atoms. The number of para-hydroxylation sites is 1. The lowest BCUT2D eigenvalue weighted by atomic mass is 9.88. The number of carbonyl (C=O) groups excluding carboxylic acids is 3. The Labute approximate surface area is 209 Å². The number of anilines is 3. The average Bonchev–Trinajstić information content (AvgIpc) is 3.38. The van der Waals surface area contributed by atoms with E-state index in [1.54, 1.807) is 0 Å². The van der Waals surface area contributed by atoms with Gasteiger partial charge in [-0.25, -0.2) is 9.29 Å². The number of imide groups is 1. The normalized spacial score (nSPS) is 23.5. The van der Waals surface area contributed by atoms with E-state index in [1.807, 2.05) is 41.3 Å². The number of nitro benzene ring substituents is 1. The highest BCUT2D eigenvalue weighted by atomic mass is 19.1. The van der Waals surface area contributed by atoms with Gasteiger partial charge in [-0.15, -0.1) is 0 Å². The lowest BCUT2D eigenvalue weighted by molar-refractivity contribution is -0.384. The van der Waals surface area contributed by atoms with E-state index in [1.165, 1.54) is 48.5 Å². The van der Waals surface area contributed by atoms with Crippen molar-refractivity contribution in [2.45, 2.75) is 12.1 Å². The summed E-state index contributed by atoms with van der Waals surface area (Å²) in [5, 5.41) is 13.8. The number of fused-ring (bicyclic) bond motifs is 5. The molecule has 0 radical (unpaired) electrons. The molecule has 9 nitrogen and oxygen atoms in total. The van der Waals surface area contributed by atoms with Crippen molar-refractivity contribution < 1.29 is 23.7 Å². The first-order valence-corrected chi connectivity index (χ1v) is 11.6. The Morgan fingerprint density at radius 1 is 0.919 bits per heavy atom. The number of halogens is 1. The van der Waals surface area contributed by atoms with Crippen LogP contribution in [0.25, 0.3) is 6.08 Å². The molecule has 37 heavy (non-hydrogen) atoms. The highest BCUT2D eigenvalue weighted by molar-refractivity contribution is 6.25. The molecule has 2 saturated heterocycles. The number of benzene rings is 3. The van der Waals surface area contributed by atoms with Crippen LogP contribution in [0.15, 0.2) is 78.9 Å². The molecule has 3 heterocycles. The topological polar surface area (TPSA) is 113 Å². The molecule has 3 aromatic carbocycles. The SMILES string of the molecule is O=C(Nc1ccc([N+](=O)[O-])cc1)[C@H]1[C@H]2C(=O)N(c3ccc(F)cc3)C(=O)[C@H]2[C@@H]2C=Cc3ccccc3N21. The number of non-ortho nitro benzene ring substituents is 1. The third-order valence-corrected chi connectivity index (χ3v) is 7.11. The second-order valence-corrected chi connectivity index (χ2v) is 9.09. The molecule has 0 unspecified atom stereocenters. The number of hydrogen-bond donors (Lipinski definition) is 1. The Balaban J connectivity index is 1.40. The van der Waals surface area contributed by atoms with Gasteiger partial charge in [-0.3, -0.25) is 24.5 Å². The van der Waals surface area contributed by atoms with Gasteiger partial charge in [0.1, 0.15) is 11.9 Å². The summed E-state index contributed by atoms with van der Waals surface area (Å²) in [5.74, 6) is -3.82. The summed E-state index contributed by atoms with van der Waals surface area (Å²) in [6.45, 7) is 0. The number of amides is 3. The van der Waals surface area contributed by atoms with Crippen molar-refractivity contribution in [2.75, 3.05) is 15.1 Å². The molecule has 4 atom stereocenters. The molecule has 0 aromatic heterocycles. The predicted molar refractivity (Wildman–Crippen MR) is 133 cm³/mol. The van der Waals surface area contributed by atoms with Crippen molar-refractivity contribution in [2.24, 2.45) is 11.8 Å². The number of carbonyl (C=O) groups is 3. The maximum absolute atomic E-state index is 13.7. The molecule has 3 aromatic rings. The van der Waals surface area contributed by atoms with Crippen LogP contribution in [-0.2, 0) is 14.4 Å². The zero-order valence-corrected chi connectivity index (χ0v) is 19.2. The smallest absolute Gasteiger partial charge is 0.269 e. The van der Waals surface area contributed by atoms with Crippen molar-refractivity contribution in [3.63, 3.8) is 0 Å². The van der Waals surface area contributed by atoms with Crippen LogP contribution in [0.1, 0.15) is 5.56 Å². The average molecular weight is 498 g/mol. The maximum Gasteiger partial charge on any atom is 0.269 e. The monoisotopic (exact) mass is 498 g/mol. The van der Waals surface area contributed by atoms with Gasteiger partial charge in [0.25, 0.3) is 5.69 Å². The van der Waals surface area contributed by atoms with E-state index in [9.17, 15) is 28.9 Å². The quantitative estimate of drug-likeness (QED) is 0.333. The molecular weight excluding hydrogens is 479 g/mol. The van der Waals surface area contributed by atoms with Crippen molar-refractivity contribution in [3.8, 4) is 0 Å². The van der Waals surface area contributed by atoms with Crippen molar-refractivity contribution in [3.05, 3.63) is 100 Å². The number of nitrogens with zero attached hydrogens (tertiary/aromatic N) is 3. The van der Waals surface area contributed by atoms with Gasteiger partial charge in [0.15, 0.2) is 0 Å². The molecule has 6 rings (SSSR count). The fraction of sp³-hybridized carbons (Fsp3) is 0.148. The predicted octanol–water partition coefficient (Wildman–Crippen LogP) is 3.76. The van der Waals surface area contributed by atoms with Crippen LogP contribution in [0.4, 0.5) is 27.1 Å². The molecular formula is C27H19FN4O5. The standard InChI is InChI=1S/C27H19FN4O5/c28-16-6-10-18(11-7-16)30-26(34)22-21-14-5-15-3-1-2-4-20(15)31(21)24(23(22)27(30)35)25(33)29-17-8-12-19(13-9-17)32(36)37/h1-14,21-24H,(H,29,33)/t21-,22-,23-,24+/m0/s1. The molecule has 0 aliphatic carbocycles. The summed E-state index contributed by atoms with van der Waals surface area (Å²) in [6, 6.07) is 16.3. The van der Waals surface area contributed by atoms with Gasteiger partial charge in [0.05, 0.1) is 28.5 Å². The summed E-state index contributed by atoms with van der Waals surface area (Å²) in [5.41, 5.74) is 2.01. The van der Waals surface area contributed by atoms with Gasteiger partial charge in [0, 0.05) is 23.5 Å². The molecule has 0 saturated carbocycles. The maximum atomic E-state index is 13.7. The zero-order chi connectivity index (χ0) is 25.8. The van der Waals surface area contributed by atoms with E-state index in [0.717, 1.165) is 16.2 Å². The highest BCUT2D eigenvalue weighted by Gasteiger charge is 2.64. The fourth-order valence-electron chi connectivity index (χ4n) is 5.54. The minimum absolute atomic E-state index is 0.124. The largest absolute Gasteiger partial charge is 0.351 e. The first-order chi connectivity index (χ1) is 17.8. The van der Waals surface area contributed by atoms with Gasteiger partial charge in [-0.2, -0.15) is 0 Å². The van der Waals surface area contributed by atoms with E-state index in [4.69, 9.17) is 0 Å². The second kappa shape index (κ2) is 8.37. The van der Waals surface area contributed by atoms with Gasteiger partial charge in [0.2, 0.25) is 17.7 Å². The number of hydrogen-bond acceptors (Lipinski definition) is 6. The Hall–Kier alpha value is -4.86. The minimum Gasteiger partial charge on any atom is -0.351 e. The van der Waals surface area contributed by atoms with Crippen molar-refractivity contribution >= 4 is 46.5 Å². The van der Waals surface area contributed by atoms with Gasteiger partial charge < -0.3 is 10.2 Å². The molecule has 3 amide bonds. The fourth-order valence-corrected chi connectivity index (χ4v) is 5.54. The second-order valence-electron chi connectivity index (χ2n) is 9.09. The highest BCUT2D eigenvalue weighted by Crippen LogP contribution is 2.49. The first-order valence-electron chi connectivity index (χ1n) is 11.6.